The third-order valence-corrected chi connectivity index (χ3v) is 4.21. The van der Waals surface area contributed by atoms with E-state index in [2.05, 4.69) is 17.6 Å². The van der Waals surface area contributed by atoms with Crippen LogP contribution in [-0.4, -0.2) is 19.3 Å². The summed E-state index contributed by atoms with van der Waals surface area (Å²) in [6.07, 6.45) is 0. The van der Waals surface area contributed by atoms with Crippen LogP contribution in [0.15, 0.2) is 36.4 Å². The van der Waals surface area contributed by atoms with Crippen molar-refractivity contribution in [3.63, 3.8) is 0 Å². The van der Waals surface area contributed by atoms with Crippen molar-refractivity contribution >= 4 is 11.6 Å². The van der Waals surface area contributed by atoms with E-state index >= 15 is 0 Å². The SMILES string of the molecule is CC(NCc1cccc2c1OCO2)c1ccc2c(c1)NC(=O)CO2. The lowest BCUT2D eigenvalue weighted by Gasteiger charge is -2.21. The van der Waals surface area contributed by atoms with E-state index in [0.29, 0.717) is 12.3 Å². The molecule has 2 aliphatic heterocycles. The first kappa shape index (κ1) is 14.8. The standard InChI is InChI=1S/C18H18N2O4/c1-11(12-5-6-15-14(7-12)20-17(21)9-22-15)19-8-13-3-2-4-16-18(13)24-10-23-16/h2-7,11,19H,8-10H2,1H3,(H,20,21). The molecular formula is C18H18N2O4. The molecule has 6 heteroatoms. The monoisotopic (exact) mass is 326 g/mol. The van der Waals surface area contributed by atoms with Crippen molar-refractivity contribution in [1.29, 1.82) is 0 Å². The number of carbonyl (C=O) groups is 1. The molecule has 0 bridgehead atoms. The molecule has 0 aromatic heterocycles. The van der Waals surface area contributed by atoms with Crippen LogP contribution in [-0.2, 0) is 11.3 Å². The van der Waals surface area contributed by atoms with Crippen LogP contribution in [0.5, 0.6) is 17.2 Å². The average Bonchev–Trinajstić information content (AvgIpc) is 3.08. The second-order valence-electron chi connectivity index (χ2n) is 5.85. The Kier molecular flexibility index (Phi) is 3.74. The highest BCUT2D eigenvalue weighted by atomic mass is 16.7. The highest BCUT2D eigenvalue weighted by Gasteiger charge is 2.19. The van der Waals surface area contributed by atoms with Crippen LogP contribution in [0.1, 0.15) is 24.1 Å². The summed E-state index contributed by atoms with van der Waals surface area (Å²) in [5.74, 6) is 2.17. The Morgan fingerprint density at radius 3 is 3.00 bits per heavy atom. The number of fused-ring (bicyclic) bond motifs is 2. The number of carbonyl (C=O) groups excluding carboxylic acids is 1. The maximum atomic E-state index is 11.4. The van der Waals surface area contributed by atoms with Gasteiger partial charge in [0.15, 0.2) is 18.1 Å². The van der Waals surface area contributed by atoms with Gasteiger partial charge in [-0.25, -0.2) is 0 Å². The molecule has 2 aromatic carbocycles. The predicted octanol–water partition coefficient (Wildman–Crippen LogP) is 2.60. The Hall–Kier alpha value is -2.73. The molecule has 1 unspecified atom stereocenters. The van der Waals surface area contributed by atoms with Gasteiger partial charge in [-0.15, -0.1) is 0 Å². The Morgan fingerprint density at radius 2 is 2.08 bits per heavy atom. The van der Waals surface area contributed by atoms with Crippen LogP contribution in [0.3, 0.4) is 0 Å². The summed E-state index contributed by atoms with van der Waals surface area (Å²) in [4.78, 5) is 11.4. The van der Waals surface area contributed by atoms with Crippen molar-refractivity contribution < 1.29 is 19.0 Å². The van der Waals surface area contributed by atoms with E-state index in [1.807, 2.05) is 36.4 Å². The zero-order chi connectivity index (χ0) is 16.5. The summed E-state index contributed by atoms with van der Waals surface area (Å²) in [5, 5.41) is 6.31. The first-order valence-electron chi connectivity index (χ1n) is 7.88. The number of amides is 1. The smallest absolute Gasteiger partial charge is 0.262 e. The van der Waals surface area contributed by atoms with Crippen LogP contribution in [0.4, 0.5) is 5.69 Å². The van der Waals surface area contributed by atoms with Crippen molar-refractivity contribution in [2.45, 2.75) is 19.5 Å². The minimum atomic E-state index is -0.128. The van der Waals surface area contributed by atoms with Gasteiger partial charge in [0.1, 0.15) is 5.75 Å². The van der Waals surface area contributed by atoms with Gasteiger partial charge in [-0.1, -0.05) is 18.2 Å². The zero-order valence-electron chi connectivity index (χ0n) is 13.3. The molecule has 1 amide bonds. The number of hydrogen-bond acceptors (Lipinski definition) is 5. The number of hydrogen-bond donors (Lipinski definition) is 2. The molecule has 0 radical (unpaired) electrons. The van der Waals surface area contributed by atoms with Gasteiger partial charge in [-0.3, -0.25) is 4.79 Å². The number of benzene rings is 2. The summed E-state index contributed by atoms with van der Waals surface area (Å²) >= 11 is 0. The third kappa shape index (κ3) is 2.76. The third-order valence-electron chi connectivity index (χ3n) is 4.21. The topological polar surface area (TPSA) is 68.8 Å². The summed E-state index contributed by atoms with van der Waals surface area (Å²) in [5.41, 5.74) is 2.85. The number of ether oxygens (including phenoxy) is 3. The highest BCUT2D eigenvalue weighted by molar-refractivity contribution is 5.95. The summed E-state index contributed by atoms with van der Waals surface area (Å²) in [6, 6.07) is 11.8. The van der Waals surface area contributed by atoms with E-state index in [9.17, 15) is 4.79 Å². The van der Waals surface area contributed by atoms with E-state index in [1.54, 1.807) is 0 Å². The molecule has 0 spiro atoms. The second kappa shape index (κ2) is 6.05. The molecule has 2 N–H and O–H groups in total. The van der Waals surface area contributed by atoms with Gasteiger partial charge in [0.05, 0.1) is 5.69 Å². The fraction of sp³-hybridized carbons (Fsp3) is 0.278. The quantitative estimate of drug-likeness (QED) is 0.904. The van der Waals surface area contributed by atoms with Gasteiger partial charge < -0.3 is 24.8 Å². The van der Waals surface area contributed by atoms with E-state index in [-0.39, 0.29) is 25.3 Å². The average molecular weight is 326 g/mol. The minimum absolute atomic E-state index is 0.0708. The Bertz CT molecular complexity index is 791. The van der Waals surface area contributed by atoms with Gasteiger partial charge in [0, 0.05) is 18.2 Å². The van der Waals surface area contributed by atoms with Crippen LogP contribution in [0, 0.1) is 0 Å². The van der Waals surface area contributed by atoms with Gasteiger partial charge >= 0.3 is 0 Å². The van der Waals surface area contributed by atoms with E-state index in [4.69, 9.17) is 14.2 Å². The molecule has 0 saturated carbocycles. The van der Waals surface area contributed by atoms with E-state index in [1.165, 1.54) is 0 Å². The fourth-order valence-corrected chi connectivity index (χ4v) is 2.88. The van der Waals surface area contributed by atoms with Gasteiger partial charge in [-0.05, 0) is 30.7 Å². The molecule has 124 valence electrons. The normalized spacial score (nSPS) is 16.1. The number of nitrogens with one attached hydrogen (secondary N) is 2. The molecule has 24 heavy (non-hydrogen) atoms. The van der Waals surface area contributed by atoms with Gasteiger partial charge in [-0.2, -0.15) is 0 Å². The molecule has 4 rings (SSSR count). The van der Waals surface area contributed by atoms with Crippen molar-refractivity contribution in [3.8, 4) is 17.2 Å². The Morgan fingerprint density at radius 1 is 1.17 bits per heavy atom. The molecular weight excluding hydrogens is 308 g/mol. The molecule has 2 heterocycles. The summed E-state index contributed by atoms with van der Waals surface area (Å²) < 4.78 is 16.3. The van der Waals surface area contributed by atoms with Crippen LogP contribution in [0.25, 0.3) is 0 Å². The zero-order valence-corrected chi connectivity index (χ0v) is 13.3. The van der Waals surface area contributed by atoms with Gasteiger partial charge in [0.2, 0.25) is 6.79 Å². The molecule has 0 saturated heterocycles. The predicted molar refractivity (Wildman–Crippen MR) is 88.4 cm³/mol. The number of rotatable bonds is 4. The molecule has 6 nitrogen and oxygen atoms in total. The molecule has 1 atom stereocenters. The Balaban J connectivity index is 1.47. The van der Waals surface area contributed by atoms with Crippen molar-refractivity contribution in [2.75, 3.05) is 18.7 Å². The molecule has 2 aliphatic rings. The first-order valence-corrected chi connectivity index (χ1v) is 7.88. The lowest BCUT2D eigenvalue weighted by atomic mass is 10.1. The fourth-order valence-electron chi connectivity index (χ4n) is 2.88. The molecule has 2 aromatic rings. The first-order chi connectivity index (χ1) is 11.7. The van der Waals surface area contributed by atoms with Crippen LogP contribution in [0.2, 0.25) is 0 Å². The van der Waals surface area contributed by atoms with Crippen molar-refractivity contribution in [2.24, 2.45) is 0 Å². The largest absolute Gasteiger partial charge is 0.482 e. The van der Waals surface area contributed by atoms with E-state index in [0.717, 1.165) is 28.3 Å². The van der Waals surface area contributed by atoms with E-state index < -0.39 is 0 Å². The molecule has 0 fully saturated rings. The number of anilines is 1. The lowest BCUT2D eigenvalue weighted by molar-refractivity contribution is -0.118. The lowest BCUT2D eigenvalue weighted by Crippen LogP contribution is -2.26. The van der Waals surface area contributed by atoms with Crippen molar-refractivity contribution in [1.82, 2.24) is 5.32 Å². The van der Waals surface area contributed by atoms with Gasteiger partial charge in [0.25, 0.3) is 5.91 Å². The molecule has 0 aliphatic carbocycles. The summed E-state index contributed by atoms with van der Waals surface area (Å²) in [7, 11) is 0. The Labute approximate surface area is 139 Å². The maximum absolute atomic E-state index is 11.4. The number of para-hydroxylation sites is 1. The second-order valence-corrected chi connectivity index (χ2v) is 5.85. The maximum Gasteiger partial charge on any atom is 0.262 e. The van der Waals surface area contributed by atoms with Crippen LogP contribution < -0.4 is 24.8 Å². The minimum Gasteiger partial charge on any atom is -0.482 e. The van der Waals surface area contributed by atoms with Crippen LogP contribution >= 0.6 is 0 Å². The van der Waals surface area contributed by atoms with Crippen molar-refractivity contribution in [3.05, 3.63) is 47.5 Å². The highest BCUT2D eigenvalue weighted by Crippen LogP contribution is 2.36. The summed E-state index contributed by atoms with van der Waals surface area (Å²) in [6.45, 7) is 3.08.